The zero-order chi connectivity index (χ0) is 19.1. The molecule has 0 aliphatic carbocycles. The number of rotatable bonds is 4. The summed E-state index contributed by atoms with van der Waals surface area (Å²) in [5.41, 5.74) is -3.56. The molecule has 1 aliphatic heterocycles. The first-order valence-electron chi connectivity index (χ1n) is 7.16. The highest BCUT2D eigenvalue weighted by atomic mass is 32.1. The van der Waals surface area contributed by atoms with Crippen LogP contribution in [0.25, 0.3) is 0 Å². The fraction of sp³-hybridized carbons (Fsp3) is 0.267. The smallest absolute Gasteiger partial charge is 0.438 e. The monoisotopic (exact) mass is 387 g/mol. The number of hydrogen-bond acceptors (Lipinski definition) is 7. The van der Waals surface area contributed by atoms with Gasteiger partial charge in [0.25, 0.3) is 5.72 Å². The van der Waals surface area contributed by atoms with Crippen molar-refractivity contribution in [1.29, 1.82) is 0 Å². The number of halogens is 3. The van der Waals surface area contributed by atoms with Crippen LogP contribution in [0, 0.1) is 0 Å². The third-order valence-electron chi connectivity index (χ3n) is 3.75. The Morgan fingerprint density at radius 1 is 1.38 bits per heavy atom. The van der Waals surface area contributed by atoms with Gasteiger partial charge >= 0.3 is 12.1 Å². The summed E-state index contributed by atoms with van der Waals surface area (Å²) in [7, 11) is 1.36. The number of aromatic carboxylic acids is 1. The van der Waals surface area contributed by atoms with Gasteiger partial charge in [0.1, 0.15) is 5.75 Å². The summed E-state index contributed by atoms with van der Waals surface area (Å²) in [5.74, 6) is -1.10. The molecule has 0 fully saturated rings. The average molecular weight is 387 g/mol. The van der Waals surface area contributed by atoms with Gasteiger partial charge in [-0.15, -0.1) is 11.3 Å². The Labute approximate surface area is 149 Å². The van der Waals surface area contributed by atoms with Gasteiger partial charge in [0.2, 0.25) is 5.13 Å². The van der Waals surface area contributed by atoms with E-state index < -0.39 is 30.0 Å². The minimum atomic E-state index is -5.06. The molecular weight excluding hydrogens is 375 g/mol. The second kappa shape index (κ2) is 6.25. The molecule has 2 N–H and O–H groups in total. The number of ether oxygens (including phenoxy) is 1. The van der Waals surface area contributed by atoms with Gasteiger partial charge in [-0.05, 0) is 12.1 Å². The lowest BCUT2D eigenvalue weighted by Gasteiger charge is -2.32. The molecule has 3 rings (SSSR count). The Morgan fingerprint density at radius 2 is 2.08 bits per heavy atom. The number of carboxylic acid groups (broad SMARTS) is 1. The van der Waals surface area contributed by atoms with E-state index >= 15 is 0 Å². The van der Waals surface area contributed by atoms with Gasteiger partial charge in [-0.1, -0.05) is 12.1 Å². The molecule has 1 atom stereocenters. The Morgan fingerprint density at radius 3 is 2.65 bits per heavy atom. The molecule has 1 aromatic carbocycles. The zero-order valence-electron chi connectivity index (χ0n) is 13.2. The fourth-order valence-electron chi connectivity index (χ4n) is 2.46. The first-order valence-corrected chi connectivity index (χ1v) is 8.04. The molecular formula is C15H12F3N3O4S. The summed E-state index contributed by atoms with van der Waals surface area (Å²) in [6.07, 6.45) is -5.92. The molecule has 0 amide bonds. The van der Waals surface area contributed by atoms with E-state index in [0.29, 0.717) is 22.1 Å². The van der Waals surface area contributed by atoms with Gasteiger partial charge in [-0.3, -0.25) is 0 Å². The number of alkyl halides is 3. The molecule has 0 bridgehead atoms. The molecule has 1 aliphatic rings. The highest BCUT2D eigenvalue weighted by molar-refractivity contribution is 7.14. The minimum Gasteiger partial charge on any atom is -0.496 e. The molecule has 2 aromatic rings. The van der Waals surface area contributed by atoms with Crippen molar-refractivity contribution in [2.45, 2.75) is 18.3 Å². The van der Waals surface area contributed by atoms with Crippen LogP contribution >= 0.6 is 11.3 Å². The SMILES string of the molecule is COc1ccccc1C1=NN(c2nc(C(=O)O)cs2)[C@@](O)(C(F)(F)F)C1. The van der Waals surface area contributed by atoms with E-state index in [1.54, 1.807) is 18.2 Å². The summed E-state index contributed by atoms with van der Waals surface area (Å²) >= 11 is 0.636. The van der Waals surface area contributed by atoms with Crippen LogP contribution < -0.4 is 9.75 Å². The van der Waals surface area contributed by atoms with Crippen molar-refractivity contribution < 1.29 is 32.9 Å². The maximum Gasteiger partial charge on any atom is 0.438 e. The number of hydrazone groups is 1. The van der Waals surface area contributed by atoms with E-state index in [-0.39, 0.29) is 16.4 Å². The van der Waals surface area contributed by atoms with Crippen LogP contribution in [-0.4, -0.2) is 45.9 Å². The Balaban J connectivity index is 2.10. The standard InChI is InChI=1S/C15H12F3N3O4S/c1-25-11-5-3-2-4-8(11)9-6-14(24,15(16,17)18)21(20-9)13-19-10(7-26-13)12(22)23/h2-5,7,24H,6H2,1H3,(H,22,23)/t14-/m0/s1. The quantitative estimate of drug-likeness (QED) is 0.838. The molecule has 0 saturated carbocycles. The number of aromatic nitrogens is 1. The molecule has 7 nitrogen and oxygen atoms in total. The summed E-state index contributed by atoms with van der Waals surface area (Å²) in [5, 5.41) is 24.2. The van der Waals surface area contributed by atoms with Crippen molar-refractivity contribution in [1.82, 2.24) is 4.98 Å². The number of hydrogen-bond donors (Lipinski definition) is 2. The third-order valence-corrected chi connectivity index (χ3v) is 4.57. The molecule has 0 spiro atoms. The molecule has 0 unspecified atom stereocenters. The van der Waals surface area contributed by atoms with Gasteiger partial charge < -0.3 is 14.9 Å². The van der Waals surface area contributed by atoms with Crippen molar-refractivity contribution >= 4 is 28.1 Å². The van der Waals surface area contributed by atoms with E-state index in [4.69, 9.17) is 9.84 Å². The van der Waals surface area contributed by atoms with Gasteiger partial charge in [0, 0.05) is 10.9 Å². The van der Waals surface area contributed by atoms with Crippen LogP contribution in [0.1, 0.15) is 22.5 Å². The summed E-state index contributed by atoms with van der Waals surface area (Å²) in [6, 6.07) is 6.31. The molecule has 11 heteroatoms. The minimum absolute atomic E-state index is 0.0608. The van der Waals surface area contributed by atoms with Crippen LogP contribution in [0.3, 0.4) is 0 Å². The fourth-order valence-corrected chi connectivity index (χ4v) is 3.27. The van der Waals surface area contributed by atoms with Crippen molar-refractivity contribution in [3.05, 3.63) is 40.9 Å². The van der Waals surface area contributed by atoms with Crippen molar-refractivity contribution in [3.63, 3.8) is 0 Å². The van der Waals surface area contributed by atoms with Gasteiger partial charge in [0.05, 0.1) is 19.2 Å². The van der Waals surface area contributed by atoms with Gasteiger partial charge in [-0.25, -0.2) is 9.78 Å². The number of para-hydroxylation sites is 1. The average Bonchev–Trinajstić information content (AvgIpc) is 3.19. The highest BCUT2D eigenvalue weighted by Crippen LogP contribution is 2.45. The second-order valence-corrected chi connectivity index (χ2v) is 6.21. The van der Waals surface area contributed by atoms with Crippen molar-refractivity contribution in [2.75, 3.05) is 12.1 Å². The number of nitrogens with zero attached hydrogens (tertiary/aromatic N) is 3. The Kier molecular flexibility index (Phi) is 4.36. The number of carbonyl (C=O) groups is 1. The predicted octanol–water partition coefficient (Wildman–Crippen LogP) is 2.72. The molecule has 0 saturated heterocycles. The van der Waals surface area contributed by atoms with Crippen LogP contribution in [0.15, 0.2) is 34.7 Å². The number of methoxy groups -OCH3 is 1. The molecule has 138 valence electrons. The number of carboxylic acids is 1. The Hall–Kier alpha value is -2.66. The van der Waals surface area contributed by atoms with Crippen LogP contribution in [0.2, 0.25) is 0 Å². The van der Waals surface area contributed by atoms with Crippen LogP contribution in [0.4, 0.5) is 18.3 Å². The first kappa shape index (κ1) is 18.1. The molecule has 26 heavy (non-hydrogen) atoms. The third kappa shape index (κ3) is 2.88. The van der Waals surface area contributed by atoms with Gasteiger partial charge in [-0.2, -0.15) is 23.3 Å². The van der Waals surface area contributed by atoms with E-state index in [1.165, 1.54) is 13.2 Å². The number of thiazole rings is 1. The second-order valence-electron chi connectivity index (χ2n) is 5.37. The summed E-state index contributed by atoms with van der Waals surface area (Å²) in [6.45, 7) is 0. The predicted molar refractivity (Wildman–Crippen MR) is 86.7 cm³/mol. The largest absolute Gasteiger partial charge is 0.496 e. The zero-order valence-corrected chi connectivity index (χ0v) is 14.0. The topological polar surface area (TPSA) is 95.2 Å². The van der Waals surface area contributed by atoms with E-state index in [2.05, 4.69) is 10.1 Å². The van der Waals surface area contributed by atoms with Crippen LogP contribution in [0.5, 0.6) is 5.75 Å². The highest BCUT2D eigenvalue weighted by Gasteiger charge is 2.62. The molecule has 0 radical (unpaired) electrons. The molecule has 1 aromatic heterocycles. The normalized spacial score (nSPS) is 20.2. The van der Waals surface area contributed by atoms with E-state index in [1.807, 2.05) is 0 Å². The summed E-state index contributed by atoms with van der Waals surface area (Å²) < 4.78 is 45.9. The Bertz CT molecular complexity index is 883. The lowest BCUT2D eigenvalue weighted by molar-refractivity contribution is -0.254. The maximum absolute atomic E-state index is 13.6. The number of benzene rings is 1. The van der Waals surface area contributed by atoms with Crippen LogP contribution in [-0.2, 0) is 0 Å². The number of aliphatic hydroxyl groups is 1. The van der Waals surface area contributed by atoms with Gasteiger partial charge in [0.15, 0.2) is 5.69 Å². The lowest BCUT2D eigenvalue weighted by Crippen LogP contribution is -2.55. The first-order chi connectivity index (χ1) is 12.2. The van der Waals surface area contributed by atoms with Crippen molar-refractivity contribution in [2.24, 2.45) is 5.10 Å². The number of anilines is 1. The molecule has 2 heterocycles. The maximum atomic E-state index is 13.6. The lowest BCUT2D eigenvalue weighted by atomic mass is 10.0. The van der Waals surface area contributed by atoms with Crippen molar-refractivity contribution in [3.8, 4) is 5.75 Å². The summed E-state index contributed by atoms with van der Waals surface area (Å²) in [4.78, 5) is 14.6. The van der Waals surface area contributed by atoms with E-state index in [9.17, 15) is 23.1 Å². The van der Waals surface area contributed by atoms with E-state index in [0.717, 1.165) is 5.38 Å².